The zero-order valence-corrected chi connectivity index (χ0v) is 13.2. The monoisotopic (exact) mass is 308 g/mol. The second-order valence-corrected chi connectivity index (χ2v) is 6.26. The van der Waals surface area contributed by atoms with Crippen molar-refractivity contribution in [3.05, 3.63) is 35.0 Å². The van der Waals surface area contributed by atoms with Crippen molar-refractivity contribution in [1.29, 1.82) is 0 Å². The van der Waals surface area contributed by atoms with E-state index in [1.807, 2.05) is 27.8 Å². The van der Waals surface area contributed by atoms with Crippen LogP contribution in [0.5, 0.6) is 0 Å². The summed E-state index contributed by atoms with van der Waals surface area (Å²) in [6.45, 7) is 7.68. The molecule has 0 aromatic carbocycles. The van der Waals surface area contributed by atoms with Gasteiger partial charge in [-0.25, -0.2) is 0 Å². The van der Waals surface area contributed by atoms with Crippen molar-refractivity contribution in [1.82, 2.24) is 9.80 Å². The van der Waals surface area contributed by atoms with Gasteiger partial charge in [-0.3, -0.25) is 9.69 Å². The molecule has 5 heteroatoms. The highest BCUT2D eigenvalue weighted by molar-refractivity contribution is 7.08. The summed E-state index contributed by atoms with van der Waals surface area (Å²) in [4.78, 5) is 16.5. The van der Waals surface area contributed by atoms with Crippen LogP contribution < -0.4 is 0 Å². The standard InChI is InChI=1S/C16H24N2O2S/c1-2-3-5-15(19)12-17-7-4-8-18(10-9-17)16(20)14-6-11-21-13-14/h2,6,11,13,15,19H,1,3-5,7-10,12H2. The number of nitrogens with zero attached hydrogens (tertiary/aromatic N) is 2. The first-order valence-corrected chi connectivity index (χ1v) is 8.47. The second-order valence-electron chi connectivity index (χ2n) is 5.48. The Morgan fingerprint density at radius 3 is 3.00 bits per heavy atom. The van der Waals surface area contributed by atoms with Crippen molar-refractivity contribution >= 4 is 17.2 Å². The molecule has 1 aromatic rings. The number of β-amino-alcohol motifs (C(OH)–C–C–N with tert-alkyl or cyclic N) is 1. The number of allylic oxidation sites excluding steroid dienone is 1. The minimum atomic E-state index is -0.304. The molecule has 1 aromatic heterocycles. The molecule has 1 unspecified atom stereocenters. The summed E-state index contributed by atoms with van der Waals surface area (Å²) in [5, 5.41) is 13.8. The number of amides is 1. The largest absolute Gasteiger partial charge is 0.392 e. The normalized spacial score (nSPS) is 18.2. The van der Waals surface area contributed by atoms with E-state index in [1.54, 1.807) is 11.3 Å². The molecule has 0 bridgehead atoms. The molecule has 2 heterocycles. The first kappa shape index (κ1) is 16.2. The van der Waals surface area contributed by atoms with E-state index in [9.17, 15) is 9.90 Å². The Bertz CT molecular complexity index is 447. The van der Waals surface area contributed by atoms with Gasteiger partial charge in [0, 0.05) is 31.6 Å². The smallest absolute Gasteiger partial charge is 0.254 e. The van der Waals surface area contributed by atoms with Gasteiger partial charge in [-0.2, -0.15) is 11.3 Å². The SMILES string of the molecule is C=CCCC(O)CN1CCCN(C(=O)c2ccsc2)CC1. The van der Waals surface area contributed by atoms with E-state index >= 15 is 0 Å². The predicted molar refractivity (Wildman–Crippen MR) is 86.7 cm³/mol. The van der Waals surface area contributed by atoms with Crippen LogP contribution in [0.25, 0.3) is 0 Å². The maximum Gasteiger partial charge on any atom is 0.254 e. The van der Waals surface area contributed by atoms with Crippen molar-refractivity contribution in [3.63, 3.8) is 0 Å². The number of aliphatic hydroxyl groups excluding tert-OH is 1. The summed E-state index contributed by atoms with van der Waals surface area (Å²) in [7, 11) is 0. The molecule has 1 aliphatic heterocycles. The quantitative estimate of drug-likeness (QED) is 0.820. The highest BCUT2D eigenvalue weighted by Gasteiger charge is 2.21. The molecule has 1 aliphatic rings. The Kier molecular flexibility index (Phi) is 6.42. The van der Waals surface area contributed by atoms with E-state index in [0.29, 0.717) is 6.54 Å². The van der Waals surface area contributed by atoms with Crippen LogP contribution in [0.4, 0.5) is 0 Å². The molecule has 1 N–H and O–H groups in total. The van der Waals surface area contributed by atoms with Gasteiger partial charge < -0.3 is 10.0 Å². The summed E-state index contributed by atoms with van der Waals surface area (Å²) in [5.41, 5.74) is 0.791. The van der Waals surface area contributed by atoms with E-state index < -0.39 is 0 Å². The third-order valence-electron chi connectivity index (χ3n) is 3.82. The Labute approximate surface area is 130 Å². The Morgan fingerprint density at radius 2 is 2.29 bits per heavy atom. The van der Waals surface area contributed by atoms with Crippen LogP contribution in [-0.2, 0) is 0 Å². The average Bonchev–Trinajstić information content (AvgIpc) is 2.92. The minimum absolute atomic E-state index is 0.130. The molecular formula is C16H24N2O2S. The van der Waals surface area contributed by atoms with Gasteiger partial charge in [0.1, 0.15) is 0 Å². The molecular weight excluding hydrogens is 284 g/mol. The van der Waals surface area contributed by atoms with Gasteiger partial charge in [0.2, 0.25) is 0 Å². The highest BCUT2D eigenvalue weighted by atomic mass is 32.1. The second kappa shape index (κ2) is 8.32. The molecule has 4 nitrogen and oxygen atoms in total. The molecule has 0 spiro atoms. The number of thiophene rings is 1. The van der Waals surface area contributed by atoms with Crippen LogP contribution in [0.15, 0.2) is 29.5 Å². The molecule has 21 heavy (non-hydrogen) atoms. The number of carbonyl (C=O) groups is 1. The average molecular weight is 308 g/mol. The lowest BCUT2D eigenvalue weighted by atomic mass is 10.2. The van der Waals surface area contributed by atoms with Gasteiger partial charge in [-0.05, 0) is 37.3 Å². The highest BCUT2D eigenvalue weighted by Crippen LogP contribution is 2.13. The summed E-state index contributed by atoms with van der Waals surface area (Å²) in [6.07, 6.45) is 4.11. The molecule has 1 atom stereocenters. The summed E-state index contributed by atoms with van der Waals surface area (Å²) >= 11 is 1.55. The molecule has 1 amide bonds. The third-order valence-corrected chi connectivity index (χ3v) is 4.50. The number of carbonyl (C=O) groups excluding carboxylic acids is 1. The lowest BCUT2D eigenvalue weighted by Gasteiger charge is -2.23. The van der Waals surface area contributed by atoms with Crippen molar-refractivity contribution in [2.75, 3.05) is 32.7 Å². The Hall–Kier alpha value is -1.17. The van der Waals surface area contributed by atoms with Crippen molar-refractivity contribution in [2.24, 2.45) is 0 Å². The zero-order valence-electron chi connectivity index (χ0n) is 12.4. The number of rotatable bonds is 6. The fourth-order valence-corrected chi connectivity index (χ4v) is 3.25. The van der Waals surface area contributed by atoms with Gasteiger partial charge in [0.25, 0.3) is 5.91 Å². The van der Waals surface area contributed by atoms with Gasteiger partial charge in [0.05, 0.1) is 11.7 Å². The zero-order chi connectivity index (χ0) is 15.1. The van der Waals surface area contributed by atoms with E-state index in [2.05, 4.69) is 11.5 Å². The molecule has 1 fully saturated rings. The summed E-state index contributed by atoms with van der Waals surface area (Å²) < 4.78 is 0. The summed E-state index contributed by atoms with van der Waals surface area (Å²) in [5.74, 6) is 0.130. The van der Waals surface area contributed by atoms with Crippen molar-refractivity contribution < 1.29 is 9.90 Å². The summed E-state index contributed by atoms with van der Waals surface area (Å²) in [6, 6.07) is 1.88. The van der Waals surface area contributed by atoms with Crippen LogP contribution in [0.3, 0.4) is 0 Å². The van der Waals surface area contributed by atoms with Crippen LogP contribution in [0.2, 0.25) is 0 Å². The molecule has 0 aliphatic carbocycles. The third kappa shape index (κ3) is 4.95. The van der Waals surface area contributed by atoms with Gasteiger partial charge in [-0.1, -0.05) is 6.08 Å². The van der Waals surface area contributed by atoms with Crippen LogP contribution in [0, 0.1) is 0 Å². The molecule has 0 saturated carbocycles. The Morgan fingerprint density at radius 1 is 1.43 bits per heavy atom. The van der Waals surface area contributed by atoms with Crippen molar-refractivity contribution in [2.45, 2.75) is 25.4 Å². The first-order chi connectivity index (χ1) is 10.2. The molecule has 116 valence electrons. The van der Waals surface area contributed by atoms with E-state index in [0.717, 1.165) is 51.0 Å². The first-order valence-electron chi connectivity index (χ1n) is 7.53. The number of aliphatic hydroxyl groups is 1. The van der Waals surface area contributed by atoms with E-state index in [4.69, 9.17) is 0 Å². The number of hydrogen-bond acceptors (Lipinski definition) is 4. The fourth-order valence-electron chi connectivity index (χ4n) is 2.62. The maximum atomic E-state index is 12.3. The fraction of sp³-hybridized carbons (Fsp3) is 0.562. The topological polar surface area (TPSA) is 43.8 Å². The predicted octanol–water partition coefficient (Wildman–Crippen LogP) is 2.22. The van der Waals surface area contributed by atoms with Gasteiger partial charge in [0.15, 0.2) is 0 Å². The maximum absolute atomic E-state index is 12.3. The van der Waals surface area contributed by atoms with Gasteiger partial charge >= 0.3 is 0 Å². The van der Waals surface area contributed by atoms with Crippen LogP contribution in [-0.4, -0.2) is 59.6 Å². The molecule has 2 rings (SSSR count). The number of hydrogen-bond donors (Lipinski definition) is 1. The van der Waals surface area contributed by atoms with E-state index in [1.165, 1.54) is 0 Å². The van der Waals surface area contributed by atoms with Crippen LogP contribution >= 0.6 is 11.3 Å². The van der Waals surface area contributed by atoms with Crippen molar-refractivity contribution in [3.8, 4) is 0 Å². The minimum Gasteiger partial charge on any atom is -0.392 e. The van der Waals surface area contributed by atoms with Gasteiger partial charge in [-0.15, -0.1) is 6.58 Å². The Balaban J connectivity index is 1.81. The lowest BCUT2D eigenvalue weighted by molar-refractivity contribution is 0.0753. The lowest BCUT2D eigenvalue weighted by Crippen LogP contribution is -2.37. The molecule has 0 radical (unpaired) electrons. The molecule has 1 saturated heterocycles. The van der Waals surface area contributed by atoms with E-state index in [-0.39, 0.29) is 12.0 Å². The van der Waals surface area contributed by atoms with Crippen LogP contribution in [0.1, 0.15) is 29.6 Å².